The molecule has 1 N–H and O–H groups in total. The SMILES string of the molecule is CCCC1CCCCC1CNC(C)(C)C. The molecule has 0 bridgehead atoms. The summed E-state index contributed by atoms with van der Waals surface area (Å²) in [6.45, 7) is 10.4. The van der Waals surface area contributed by atoms with Crippen molar-refractivity contribution >= 4 is 0 Å². The molecule has 15 heavy (non-hydrogen) atoms. The van der Waals surface area contributed by atoms with Crippen molar-refractivity contribution < 1.29 is 0 Å². The van der Waals surface area contributed by atoms with Gasteiger partial charge in [-0.25, -0.2) is 0 Å². The summed E-state index contributed by atoms with van der Waals surface area (Å²) in [5.41, 5.74) is 0.286. The minimum atomic E-state index is 0.286. The van der Waals surface area contributed by atoms with Crippen LogP contribution >= 0.6 is 0 Å². The van der Waals surface area contributed by atoms with Gasteiger partial charge in [0.05, 0.1) is 0 Å². The Morgan fingerprint density at radius 1 is 1.07 bits per heavy atom. The van der Waals surface area contributed by atoms with Crippen LogP contribution in [0.25, 0.3) is 0 Å². The van der Waals surface area contributed by atoms with E-state index in [9.17, 15) is 0 Å². The highest BCUT2D eigenvalue weighted by atomic mass is 14.9. The van der Waals surface area contributed by atoms with Gasteiger partial charge in [-0.15, -0.1) is 0 Å². The van der Waals surface area contributed by atoms with Gasteiger partial charge in [0.15, 0.2) is 0 Å². The molecule has 0 saturated heterocycles. The van der Waals surface area contributed by atoms with Crippen molar-refractivity contribution in [3.63, 3.8) is 0 Å². The second kappa shape index (κ2) is 5.89. The van der Waals surface area contributed by atoms with E-state index in [1.54, 1.807) is 0 Å². The summed E-state index contributed by atoms with van der Waals surface area (Å²) >= 11 is 0. The Labute approximate surface area is 96.0 Å². The first-order valence-electron chi connectivity index (χ1n) is 6.78. The predicted molar refractivity (Wildman–Crippen MR) is 68.1 cm³/mol. The first-order chi connectivity index (χ1) is 7.03. The van der Waals surface area contributed by atoms with Gasteiger partial charge >= 0.3 is 0 Å². The minimum absolute atomic E-state index is 0.286. The van der Waals surface area contributed by atoms with Crippen LogP contribution in [0.2, 0.25) is 0 Å². The van der Waals surface area contributed by atoms with Crippen molar-refractivity contribution in [1.29, 1.82) is 0 Å². The van der Waals surface area contributed by atoms with Crippen LogP contribution in [0, 0.1) is 11.8 Å². The van der Waals surface area contributed by atoms with Gasteiger partial charge < -0.3 is 5.32 Å². The Hall–Kier alpha value is -0.0400. The zero-order valence-electron chi connectivity index (χ0n) is 11.1. The molecule has 1 nitrogen and oxygen atoms in total. The van der Waals surface area contributed by atoms with E-state index < -0.39 is 0 Å². The molecule has 0 aromatic heterocycles. The quantitative estimate of drug-likeness (QED) is 0.741. The van der Waals surface area contributed by atoms with Crippen LogP contribution in [0.4, 0.5) is 0 Å². The lowest BCUT2D eigenvalue weighted by atomic mass is 9.77. The minimum Gasteiger partial charge on any atom is -0.312 e. The van der Waals surface area contributed by atoms with E-state index in [1.807, 2.05) is 0 Å². The van der Waals surface area contributed by atoms with Gasteiger partial charge in [-0.1, -0.05) is 39.0 Å². The maximum Gasteiger partial charge on any atom is 0.00966 e. The third kappa shape index (κ3) is 5.01. The highest BCUT2D eigenvalue weighted by molar-refractivity contribution is 4.80. The average molecular weight is 211 g/mol. The fourth-order valence-corrected chi connectivity index (χ4v) is 2.74. The summed E-state index contributed by atoms with van der Waals surface area (Å²) in [6, 6.07) is 0. The molecule has 90 valence electrons. The Morgan fingerprint density at radius 2 is 1.67 bits per heavy atom. The van der Waals surface area contributed by atoms with Crippen molar-refractivity contribution in [2.24, 2.45) is 11.8 Å². The molecule has 0 aromatic carbocycles. The molecule has 0 aromatic rings. The molecule has 0 radical (unpaired) electrons. The third-order valence-electron chi connectivity index (χ3n) is 3.62. The second-order valence-electron chi connectivity index (χ2n) is 6.22. The van der Waals surface area contributed by atoms with Crippen molar-refractivity contribution in [3.05, 3.63) is 0 Å². The molecule has 2 unspecified atom stereocenters. The summed E-state index contributed by atoms with van der Waals surface area (Å²) in [4.78, 5) is 0. The molecule has 1 rings (SSSR count). The van der Waals surface area contributed by atoms with Crippen LogP contribution in [0.15, 0.2) is 0 Å². The van der Waals surface area contributed by atoms with E-state index in [-0.39, 0.29) is 5.54 Å². The fourth-order valence-electron chi connectivity index (χ4n) is 2.74. The maximum absolute atomic E-state index is 3.68. The molecule has 1 fully saturated rings. The molecular weight excluding hydrogens is 182 g/mol. The largest absolute Gasteiger partial charge is 0.312 e. The molecule has 0 heterocycles. The Balaban J connectivity index is 2.35. The lowest BCUT2D eigenvalue weighted by Crippen LogP contribution is -2.41. The molecule has 1 aliphatic rings. The van der Waals surface area contributed by atoms with Gasteiger partial charge in [-0.3, -0.25) is 0 Å². The zero-order valence-corrected chi connectivity index (χ0v) is 11.1. The van der Waals surface area contributed by atoms with Crippen molar-refractivity contribution in [2.75, 3.05) is 6.54 Å². The number of nitrogens with one attached hydrogen (secondary N) is 1. The molecule has 0 spiro atoms. The van der Waals surface area contributed by atoms with Gasteiger partial charge in [-0.2, -0.15) is 0 Å². The Bertz CT molecular complexity index is 167. The monoisotopic (exact) mass is 211 g/mol. The van der Waals surface area contributed by atoms with Gasteiger partial charge in [0.25, 0.3) is 0 Å². The summed E-state index contributed by atoms with van der Waals surface area (Å²) in [7, 11) is 0. The van der Waals surface area contributed by atoms with Gasteiger partial charge in [0, 0.05) is 5.54 Å². The first kappa shape index (κ1) is 13.0. The van der Waals surface area contributed by atoms with Crippen molar-refractivity contribution in [1.82, 2.24) is 5.32 Å². The first-order valence-corrected chi connectivity index (χ1v) is 6.78. The molecule has 2 atom stereocenters. The van der Waals surface area contributed by atoms with Crippen LogP contribution in [0.5, 0.6) is 0 Å². The number of hydrogen-bond acceptors (Lipinski definition) is 1. The lowest BCUT2D eigenvalue weighted by Gasteiger charge is -2.34. The predicted octanol–water partition coefficient (Wildman–Crippen LogP) is 3.98. The molecular formula is C14H29N. The smallest absolute Gasteiger partial charge is 0.00966 e. The summed E-state index contributed by atoms with van der Waals surface area (Å²) in [5.74, 6) is 1.94. The Kier molecular flexibility index (Phi) is 5.11. The molecule has 1 heteroatoms. The standard InChI is InChI=1S/C14H29N/c1-5-8-12-9-6-7-10-13(12)11-15-14(2,3)4/h12-13,15H,5-11H2,1-4H3. The average Bonchev–Trinajstić information content (AvgIpc) is 2.16. The zero-order chi connectivity index (χ0) is 11.3. The summed E-state index contributed by atoms with van der Waals surface area (Å²) in [5, 5.41) is 3.68. The van der Waals surface area contributed by atoms with Gasteiger partial charge in [0.2, 0.25) is 0 Å². The molecule has 1 aliphatic carbocycles. The van der Waals surface area contributed by atoms with Crippen molar-refractivity contribution in [2.45, 2.75) is 71.8 Å². The van der Waals surface area contributed by atoms with Crippen LogP contribution in [-0.2, 0) is 0 Å². The van der Waals surface area contributed by atoms with E-state index in [1.165, 1.54) is 45.1 Å². The fraction of sp³-hybridized carbons (Fsp3) is 1.00. The van der Waals surface area contributed by atoms with Crippen LogP contribution < -0.4 is 5.32 Å². The van der Waals surface area contributed by atoms with E-state index >= 15 is 0 Å². The van der Waals surface area contributed by atoms with E-state index in [2.05, 4.69) is 33.0 Å². The molecule has 1 saturated carbocycles. The number of hydrogen-bond donors (Lipinski definition) is 1. The van der Waals surface area contributed by atoms with Gasteiger partial charge in [0.1, 0.15) is 0 Å². The van der Waals surface area contributed by atoms with Gasteiger partial charge in [-0.05, 0) is 45.6 Å². The van der Waals surface area contributed by atoms with Crippen molar-refractivity contribution in [3.8, 4) is 0 Å². The molecule has 0 aliphatic heterocycles. The van der Waals surface area contributed by atoms with E-state index in [0.717, 1.165) is 11.8 Å². The van der Waals surface area contributed by atoms with Crippen LogP contribution in [0.3, 0.4) is 0 Å². The maximum atomic E-state index is 3.68. The lowest BCUT2D eigenvalue weighted by molar-refractivity contribution is 0.203. The number of rotatable bonds is 4. The normalized spacial score (nSPS) is 28.0. The Morgan fingerprint density at radius 3 is 2.20 bits per heavy atom. The van der Waals surface area contributed by atoms with E-state index in [4.69, 9.17) is 0 Å². The summed E-state index contributed by atoms with van der Waals surface area (Å²) < 4.78 is 0. The molecule has 0 amide bonds. The van der Waals surface area contributed by atoms with Crippen LogP contribution in [-0.4, -0.2) is 12.1 Å². The highest BCUT2D eigenvalue weighted by Gasteiger charge is 2.25. The van der Waals surface area contributed by atoms with E-state index in [0.29, 0.717) is 0 Å². The topological polar surface area (TPSA) is 12.0 Å². The summed E-state index contributed by atoms with van der Waals surface area (Å²) in [6.07, 6.45) is 8.65. The highest BCUT2D eigenvalue weighted by Crippen LogP contribution is 2.32. The van der Waals surface area contributed by atoms with Crippen LogP contribution in [0.1, 0.15) is 66.2 Å². The third-order valence-corrected chi connectivity index (χ3v) is 3.62. The second-order valence-corrected chi connectivity index (χ2v) is 6.22.